The Morgan fingerprint density at radius 1 is 1.50 bits per heavy atom. The third-order valence-corrected chi connectivity index (χ3v) is 2.20. The highest BCUT2D eigenvalue weighted by Crippen LogP contribution is 2.32. The number of nitrogens with two attached hydrogens (primary N) is 1. The highest BCUT2D eigenvalue weighted by Gasteiger charge is 2.28. The Bertz CT molecular complexity index is 410. The second kappa shape index (κ2) is 3.18. The van der Waals surface area contributed by atoms with Gasteiger partial charge < -0.3 is 10.5 Å². The summed E-state index contributed by atoms with van der Waals surface area (Å²) in [7, 11) is 0. The fraction of sp³-hybridized carbons (Fsp3) is 0.182. The van der Waals surface area contributed by atoms with Crippen molar-refractivity contribution in [3.8, 4) is 0 Å². The molecule has 2 rings (SSSR count). The molecule has 0 bridgehead atoms. The average Bonchev–Trinajstić information content (AvgIpc) is 2.44. The summed E-state index contributed by atoms with van der Waals surface area (Å²) in [6, 6.07) is 5.19. The Kier molecular flexibility index (Phi) is 2.00. The minimum absolute atomic E-state index is 0.272. The number of anilines is 1. The molecular weight excluding hydrogens is 178 g/mol. The van der Waals surface area contributed by atoms with Crippen LogP contribution in [-0.4, -0.2) is 5.97 Å². The van der Waals surface area contributed by atoms with Gasteiger partial charge in [0, 0.05) is 11.3 Å². The van der Waals surface area contributed by atoms with Crippen LogP contribution in [0.1, 0.15) is 28.9 Å². The van der Waals surface area contributed by atoms with Crippen molar-refractivity contribution in [2.75, 3.05) is 5.73 Å². The third-order valence-electron chi connectivity index (χ3n) is 2.20. The van der Waals surface area contributed by atoms with Gasteiger partial charge >= 0.3 is 5.97 Å². The van der Waals surface area contributed by atoms with Crippen LogP contribution in [0, 0.1) is 0 Å². The van der Waals surface area contributed by atoms with Gasteiger partial charge in [0.1, 0.15) is 6.10 Å². The average molecular weight is 189 g/mol. The van der Waals surface area contributed by atoms with Crippen LogP contribution in [0.3, 0.4) is 0 Å². The zero-order chi connectivity index (χ0) is 10.1. The van der Waals surface area contributed by atoms with Crippen LogP contribution in [-0.2, 0) is 4.74 Å². The number of carbonyl (C=O) groups excluding carboxylic acids is 1. The molecule has 1 aliphatic rings. The number of hydrogen-bond acceptors (Lipinski definition) is 3. The summed E-state index contributed by atoms with van der Waals surface area (Å²) < 4.78 is 5.15. The molecule has 1 heterocycles. The number of rotatable bonds is 1. The van der Waals surface area contributed by atoms with Crippen LogP contribution >= 0.6 is 0 Å². The number of ether oxygens (including phenoxy) is 1. The van der Waals surface area contributed by atoms with Crippen LogP contribution in [0.4, 0.5) is 5.69 Å². The van der Waals surface area contributed by atoms with Crippen molar-refractivity contribution in [3.63, 3.8) is 0 Å². The number of allylic oxidation sites excluding steroid dienone is 1. The summed E-state index contributed by atoms with van der Waals surface area (Å²) in [4.78, 5) is 11.4. The topological polar surface area (TPSA) is 52.3 Å². The summed E-state index contributed by atoms with van der Waals surface area (Å²) in [6.07, 6.45) is 3.42. The first kappa shape index (κ1) is 8.81. The van der Waals surface area contributed by atoms with E-state index in [9.17, 15) is 4.79 Å². The lowest BCUT2D eigenvalue weighted by Crippen LogP contribution is -1.94. The zero-order valence-electron chi connectivity index (χ0n) is 7.86. The lowest BCUT2D eigenvalue weighted by Gasteiger charge is -2.04. The molecule has 1 unspecified atom stereocenters. The molecule has 2 N–H and O–H groups in total. The standard InChI is InChI=1S/C11H11NO2/c1-2-3-10-9-6-7(12)4-5-8(9)11(13)14-10/h2-6,10H,12H2,1H3/b3-2-. The number of hydrogen-bond donors (Lipinski definition) is 1. The van der Waals surface area contributed by atoms with Gasteiger partial charge in [0.25, 0.3) is 0 Å². The van der Waals surface area contributed by atoms with Crippen molar-refractivity contribution in [1.29, 1.82) is 0 Å². The summed E-state index contributed by atoms with van der Waals surface area (Å²) in [5.41, 5.74) is 7.76. The summed E-state index contributed by atoms with van der Waals surface area (Å²) in [6.45, 7) is 1.89. The first-order valence-corrected chi connectivity index (χ1v) is 4.45. The van der Waals surface area contributed by atoms with E-state index in [1.807, 2.05) is 19.1 Å². The van der Waals surface area contributed by atoms with E-state index in [0.29, 0.717) is 11.3 Å². The maximum absolute atomic E-state index is 11.4. The van der Waals surface area contributed by atoms with Crippen LogP contribution in [0.15, 0.2) is 30.4 Å². The first-order chi connectivity index (χ1) is 6.72. The molecular formula is C11H11NO2. The van der Waals surface area contributed by atoms with E-state index in [-0.39, 0.29) is 12.1 Å². The molecule has 72 valence electrons. The third kappa shape index (κ3) is 1.27. The van der Waals surface area contributed by atoms with E-state index in [1.165, 1.54) is 0 Å². The number of fused-ring (bicyclic) bond motifs is 1. The van der Waals surface area contributed by atoms with Crippen molar-refractivity contribution in [1.82, 2.24) is 0 Å². The van der Waals surface area contributed by atoms with Crippen LogP contribution in [0.25, 0.3) is 0 Å². The fourth-order valence-corrected chi connectivity index (χ4v) is 1.56. The summed E-state index contributed by atoms with van der Waals surface area (Å²) in [5, 5.41) is 0. The molecule has 0 radical (unpaired) electrons. The highest BCUT2D eigenvalue weighted by atomic mass is 16.5. The van der Waals surface area contributed by atoms with Crippen LogP contribution in [0.5, 0.6) is 0 Å². The van der Waals surface area contributed by atoms with Crippen LogP contribution < -0.4 is 5.73 Å². The predicted molar refractivity (Wildman–Crippen MR) is 53.8 cm³/mol. The molecule has 1 aromatic carbocycles. The second-order valence-electron chi connectivity index (χ2n) is 3.20. The van der Waals surface area contributed by atoms with Gasteiger partial charge in [-0.3, -0.25) is 0 Å². The number of benzene rings is 1. The van der Waals surface area contributed by atoms with Crippen LogP contribution in [0.2, 0.25) is 0 Å². The molecule has 0 spiro atoms. The van der Waals surface area contributed by atoms with Crippen molar-refractivity contribution in [2.24, 2.45) is 0 Å². The van der Waals surface area contributed by atoms with E-state index in [1.54, 1.807) is 18.2 Å². The molecule has 1 aromatic rings. The number of nitrogen functional groups attached to an aromatic ring is 1. The van der Waals surface area contributed by atoms with Gasteiger partial charge in [0.05, 0.1) is 5.56 Å². The van der Waals surface area contributed by atoms with Gasteiger partial charge in [-0.25, -0.2) is 4.79 Å². The summed E-state index contributed by atoms with van der Waals surface area (Å²) in [5.74, 6) is -0.275. The van der Waals surface area contributed by atoms with E-state index in [0.717, 1.165) is 5.56 Å². The second-order valence-corrected chi connectivity index (χ2v) is 3.20. The number of cyclic esters (lactones) is 1. The predicted octanol–water partition coefficient (Wildman–Crippen LogP) is 2.06. The molecule has 14 heavy (non-hydrogen) atoms. The molecule has 0 saturated carbocycles. The molecule has 0 saturated heterocycles. The molecule has 0 amide bonds. The minimum Gasteiger partial charge on any atom is -0.450 e. The number of esters is 1. The van der Waals surface area contributed by atoms with Crippen molar-refractivity contribution in [2.45, 2.75) is 13.0 Å². The van der Waals surface area contributed by atoms with Gasteiger partial charge in [-0.05, 0) is 31.2 Å². The van der Waals surface area contributed by atoms with Crippen molar-refractivity contribution in [3.05, 3.63) is 41.5 Å². The van der Waals surface area contributed by atoms with E-state index in [2.05, 4.69) is 0 Å². The quantitative estimate of drug-likeness (QED) is 0.418. The van der Waals surface area contributed by atoms with Gasteiger partial charge in [-0.15, -0.1) is 0 Å². The Balaban J connectivity index is 2.50. The van der Waals surface area contributed by atoms with Gasteiger partial charge in [-0.2, -0.15) is 0 Å². The Labute approximate surface area is 82.2 Å². The van der Waals surface area contributed by atoms with Crippen molar-refractivity contribution >= 4 is 11.7 Å². The monoisotopic (exact) mass is 189 g/mol. The summed E-state index contributed by atoms with van der Waals surface area (Å²) >= 11 is 0. The Morgan fingerprint density at radius 2 is 2.29 bits per heavy atom. The maximum Gasteiger partial charge on any atom is 0.339 e. The van der Waals surface area contributed by atoms with E-state index in [4.69, 9.17) is 10.5 Å². The molecule has 0 aromatic heterocycles. The molecule has 0 aliphatic carbocycles. The molecule has 1 aliphatic heterocycles. The largest absolute Gasteiger partial charge is 0.450 e. The normalized spacial score (nSPS) is 19.8. The minimum atomic E-state index is -0.275. The van der Waals surface area contributed by atoms with E-state index < -0.39 is 0 Å². The first-order valence-electron chi connectivity index (χ1n) is 4.45. The van der Waals surface area contributed by atoms with Gasteiger partial charge in [-0.1, -0.05) is 6.08 Å². The Hall–Kier alpha value is -1.77. The SMILES string of the molecule is C/C=C\C1OC(=O)c2ccc(N)cc21. The highest BCUT2D eigenvalue weighted by molar-refractivity contribution is 5.94. The maximum atomic E-state index is 11.4. The zero-order valence-corrected chi connectivity index (χ0v) is 7.86. The molecule has 3 heteroatoms. The lowest BCUT2D eigenvalue weighted by molar-refractivity contribution is 0.0467. The van der Waals surface area contributed by atoms with E-state index >= 15 is 0 Å². The molecule has 3 nitrogen and oxygen atoms in total. The molecule has 0 fully saturated rings. The Morgan fingerprint density at radius 3 is 3.00 bits per heavy atom. The van der Waals surface area contributed by atoms with Gasteiger partial charge in [0.15, 0.2) is 0 Å². The van der Waals surface area contributed by atoms with Crippen molar-refractivity contribution < 1.29 is 9.53 Å². The van der Waals surface area contributed by atoms with Gasteiger partial charge in [0.2, 0.25) is 0 Å². The number of carbonyl (C=O) groups is 1. The lowest BCUT2D eigenvalue weighted by atomic mass is 10.0. The molecule has 1 atom stereocenters. The fourth-order valence-electron chi connectivity index (χ4n) is 1.56. The smallest absolute Gasteiger partial charge is 0.339 e.